The molecule has 10 heteroatoms. The van der Waals surface area contributed by atoms with E-state index >= 15 is 0 Å². The van der Waals surface area contributed by atoms with Gasteiger partial charge in [0.1, 0.15) is 22.8 Å². The number of β-lactam (4-membered cyclic amide) rings is 1. The van der Waals surface area contributed by atoms with Gasteiger partial charge in [0.05, 0.1) is 5.29 Å². The predicted octanol–water partition coefficient (Wildman–Crippen LogP) is 1.93. The third-order valence-corrected chi connectivity index (χ3v) is 7.09. The number of carbonyl (C=O) groups excluding carboxylic acids is 2. The molecule has 152 valence electrons. The molecule has 2 fully saturated rings. The molecule has 0 bridgehead atoms. The van der Waals surface area contributed by atoms with Crippen LogP contribution in [-0.2, 0) is 14.4 Å². The predicted molar refractivity (Wildman–Crippen MR) is 105 cm³/mol. The van der Waals surface area contributed by atoms with Crippen molar-refractivity contribution in [2.75, 3.05) is 5.75 Å². The van der Waals surface area contributed by atoms with Gasteiger partial charge in [-0.2, -0.15) is 0 Å². The maximum absolute atomic E-state index is 13.4. The molecule has 3 aliphatic rings. The molecule has 0 spiro atoms. The Morgan fingerprint density at radius 3 is 2.45 bits per heavy atom. The first-order chi connectivity index (χ1) is 13.7. The number of aliphatic carboxylic acids is 1. The van der Waals surface area contributed by atoms with Crippen LogP contribution in [0.25, 0.3) is 0 Å². The molecule has 3 heterocycles. The average Bonchev–Trinajstić information content (AvgIpc) is 2.88. The van der Waals surface area contributed by atoms with E-state index in [1.807, 2.05) is 0 Å². The number of hydrogen-bond acceptors (Lipinski definition) is 6. The molecule has 0 aromatic heterocycles. The largest absolute Gasteiger partial charge is 0.477 e. The van der Waals surface area contributed by atoms with Gasteiger partial charge in [0.25, 0.3) is 11.8 Å². The minimum Gasteiger partial charge on any atom is -0.477 e. The highest BCUT2D eigenvalue weighted by molar-refractivity contribution is 8.00. The molecule has 2 amide bonds. The summed E-state index contributed by atoms with van der Waals surface area (Å²) in [6, 6.07) is 7.01. The Bertz CT molecular complexity index is 947. The van der Waals surface area contributed by atoms with Gasteiger partial charge in [-0.05, 0) is 31.9 Å². The minimum absolute atomic E-state index is 0.0237. The maximum atomic E-state index is 13.4. The molecule has 4 rings (SSSR count). The van der Waals surface area contributed by atoms with Crippen LogP contribution in [0.2, 0.25) is 0 Å². The zero-order chi connectivity index (χ0) is 21.1. The van der Waals surface area contributed by atoms with Crippen LogP contribution in [0.4, 0.5) is 0 Å². The second-order valence-electron chi connectivity index (χ2n) is 7.73. The zero-order valence-electron chi connectivity index (χ0n) is 16.1. The summed E-state index contributed by atoms with van der Waals surface area (Å²) < 4.78 is 0. The highest BCUT2D eigenvalue weighted by Crippen LogP contribution is 2.49. The van der Waals surface area contributed by atoms with Crippen LogP contribution >= 0.6 is 11.8 Å². The highest BCUT2D eigenvalue weighted by atomic mass is 32.2. The molecule has 1 unspecified atom stereocenters. The van der Waals surface area contributed by atoms with Gasteiger partial charge >= 0.3 is 5.97 Å². The molecule has 0 radical (unpaired) electrons. The third kappa shape index (κ3) is 2.58. The van der Waals surface area contributed by atoms with E-state index < -0.39 is 40.9 Å². The molecule has 1 N–H and O–H groups in total. The Kier molecular flexibility index (Phi) is 4.41. The van der Waals surface area contributed by atoms with Crippen molar-refractivity contribution in [1.29, 1.82) is 0 Å². The number of nitrogens with zero attached hydrogens (tertiary/aromatic N) is 4. The van der Waals surface area contributed by atoms with Crippen LogP contribution in [-0.4, -0.2) is 60.5 Å². The molecular weight excluding hydrogens is 396 g/mol. The Balaban J connectivity index is 1.73. The Morgan fingerprint density at radius 1 is 1.21 bits per heavy atom. The van der Waals surface area contributed by atoms with Crippen molar-refractivity contribution in [3.8, 4) is 0 Å². The number of rotatable bonds is 4. The van der Waals surface area contributed by atoms with Crippen LogP contribution < -0.4 is 0 Å². The number of benzene rings is 1. The van der Waals surface area contributed by atoms with Crippen molar-refractivity contribution in [2.24, 2.45) is 5.29 Å². The van der Waals surface area contributed by atoms with E-state index in [2.05, 4.69) is 5.29 Å². The van der Waals surface area contributed by atoms with Crippen LogP contribution in [0, 0.1) is 4.91 Å². The summed E-state index contributed by atoms with van der Waals surface area (Å²) in [5, 5.41) is 13.3. The van der Waals surface area contributed by atoms with Gasteiger partial charge in [-0.15, -0.1) is 16.7 Å². The molecule has 0 saturated carbocycles. The quantitative estimate of drug-likeness (QED) is 0.590. The van der Waals surface area contributed by atoms with Crippen molar-refractivity contribution >= 4 is 29.5 Å². The lowest BCUT2D eigenvalue weighted by molar-refractivity contribution is -0.164. The number of fused-ring (bicyclic) bond motifs is 1. The maximum Gasteiger partial charge on any atom is 0.352 e. The van der Waals surface area contributed by atoms with Gasteiger partial charge in [-0.25, -0.2) is 9.80 Å². The lowest BCUT2D eigenvalue weighted by Gasteiger charge is -2.54. The summed E-state index contributed by atoms with van der Waals surface area (Å²) in [5.74, 6) is -1.57. The Morgan fingerprint density at radius 2 is 1.86 bits per heavy atom. The molecule has 1 aromatic rings. The summed E-state index contributed by atoms with van der Waals surface area (Å²) in [7, 11) is 0. The van der Waals surface area contributed by atoms with E-state index in [0.29, 0.717) is 16.9 Å². The lowest BCUT2D eigenvalue weighted by Crippen LogP contribution is -2.73. The van der Waals surface area contributed by atoms with Crippen molar-refractivity contribution in [3.63, 3.8) is 0 Å². The van der Waals surface area contributed by atoms with Crippen molar-refractivity contribution in [3.05, 3.63) is 52.1 Å². The topological polar surface area (TPSA) is 111 Å². The molecule has 1 aromatic carbocycles. The first kappa shape index (κ1) is 19.4. The van der Waals surface area contributed by atoms with Crippen LogP contribution in [0.3, 0.4) is 0 Å². The number of carboxylic acids is 1. The second-order valence-corrected chi connectivity index (χ2v) is 8.84. The van der Waals surface area contributed by atoms with Crippen LogP contribution in [0.5, 0.6) is 0 Å². The van der Waals surface area contributed by atoms with Gasteiger partial charge in [0, 0.05) is 5.75 Å². The Hall–Kier alpha value is -2.88. The zero-order valence-corrected chi connectivity index (χ0v) is 16.9. The summed E-state index contributed by atoms with van der Waals surface area (Å²) in [4.78, 5) is 52.4. The van der Waals surface area contributed by atoms with Crippen molar-refractivity contribution in [2.45, 2.75) is 43.9 Å². The van der Waals surface area contributed by atoms with Crippen molar-refractivity contribution in [1.82, 2.24) is 14.8 Å². The van der Waals surface area contributed by atoms with Crippen LogP contribution in [0.1, 0.15) is 32.4 Å². The molecule has 3 atom stereocenters. The lowest BCUT2D eigenvalue weighted by atomic mass is 9.98. The fraction of sp³-hybridized carbons (Fsp3) is 0.421. The van der Waals surface area contributed by atoms with Gasteiger partial charge in [-0.3, -0.25) is 14.5 Å². The summed E-state index contributed by atoms with van der Waals surface area (Å²) in [6.07, 6.45) is 0. The number of thioether (sulfide) groups is 1. The van der Waals surface area contributed by atoms with Gasteiger partial charge < -0.3 is 10.0 Å². The normalized spacial score (nSPS) is 28.4. The van der Waals surface area contributed by atoms with E-state index in [0.717, 1.165) is 0 Å². The van der Waals surface area contributed by atoms with Crippen LogP contribution in [0.15, 0.2) is 46.9 Å². The van der Waals surface area contributed by atoms with E-state index in [1.165, 1.54) is 26.6 Å². The smallest absolute Gasteiger partial charge is 0.352 e. The SMILES string of the molecule is CC1=C(C(=O)O)N2C(=O)C(N3C(=O)[C@@H](c4ccccc4)N(N=O)C3(C)C)[C@H]2SC1. The molecule has 9 nitrogen and oxygen atoms in total. The van der Waals surface area contributed by atoms with E-state index in [-0.39, 0.29) is 5.70 Å². The first-order valence-corrected chi connectivity index (χ1v) is 10.1. The van der Waals surface area contributed by atoms with Gasteiger partial charge in [-0.1, -0.05) is 30.3 Å². The van der Waals surface area contributed by atoms with Gasteiger partial charge in [0.15, 0.2) is 6.04 Å². The fourth-order valence-corrected chi connectivity index (χ4v) is 5.67. The molecule has 0 aliphatic carbocycles. The third-order valence-electron chi connectivity index (χ3n) is 5.68. The molecule has 29 heavy (non-hydrogen) atoms. The van der Waals surface area contributed by atoms with E-state index in [1.54, 1.807) is 51.1 Å². The van der Waals surface area contributed by atoms with E-state index in [4.69, 9.17) is 0 Å². The summed E-state index contributed by atoms with van der Waals surface area (Å²) >= 11 is 1.41. The first-order valence-electron chi connectivity index (χ1n) is 9.10. The number of hydrogen-bond donors (Lipinski definition) is 1. The number of nitroso groups, excluding NO2 is 1. The fourth-order valence-electron chi connectivity index (χ4n) is 4.34. The number of carboxylic acid groups (broad SMARTS) is 1. The second kappa shape index (κ2) is 6.58. The highest BCUT2D eigenvalue weighted by Gasteiger charge is 2.64. The minimum atomic E-state index is -1.16. The van der Waals surface area contributed by atoms with E-state index in [9.17, 15) is 24.4 Å². The van der Waals surface area contributed by atoms with Gasteiger partial charge in [0.2, 0.25) is 0 Å². The monoisotopic (exact) mass is 416 g/mol. The molecule has 2 saturated heterocycles. The summed E-state index contributed by atoms with van der Waals surface area (Å²) in [5.41, 5.74) is 0.0428. The Labute approximate surface area is 171 Å². The number of carbonyl (C=O) groups is 3. The number of amides is 2. The van der Waals surface area contributed by atoms with Crippen molar-refractivity contribution < 1.29 is 19.5 Å². The molecule has 3 aliphatic heterocycles. The molecular formula is C19H20N4O5S. The summed E-state index contributed by atoms with van der Waals surface area (Å²) in [6.45, 7) is 5.01. The average molecular weight is 416 g/mol. The standard InChI is InChI=1S/C19H20N4O5S/c1-10-9-29-17-14(15(24)21(17)12(10)18(26)27)22-16(25)13(11-7-5-4-6-8-11)23(20-28)19(22,2)3/h4-8,13-14,17H,9H2,1-3H3,(H,26,27)/t13-,14?,17-/m1/s1.